The zero-order chi connectivity index (χ0) is 18.4. The minimum absolute atomic E-state index is 0. The molecule has 27 heavy (non-hydrogen) atoms. The highest BCUT2D eigenvalue weighted by Gasteiger charge is 2.26. The number of aliphatic hydroxyl groups excluding tert-OH is 1. The first-order valence-corrected chi connectivity index (χ1v) is 9.86. The van der Waals surface area contributed by atoms with Gasteiger partial charge < -0.3 is 5.11 Å². The van der Waals surface area contributed by atoms with Gasteiger partial charge in [-0.25, -0.2) is 0 Å². The van der Waals surface area contributed by atoms with Crippen molar-refractivity contribution in [1.82, 2.24) is 0 Å². The van der Waals surface area contributed by atoms with Crippen LogP contribution >= 0.6 is 7.92 Å². The largest absolute Gasteiger partial charge is 0.396 e. The quantitative estimate of drug-likeness (QED) is 0.296. The van der Waals surface area contributed by atoms with Crippen molar-refractivity contribution in [3.8, 4) is 0 Å². The Morgan fingerprint density at radius 3 is 1.74 bits per heavy atom. The van der Waals surface area contributed by atoms with Crippen LogP contribution in [0.4, 0.5) is 5.69 Å². The smallest absolute Gasteiger partial charge is 0.269 e. The summed E-state index contributed by atoms with van der Waals surface area (Å²) in [4.78, 5) is 10.6. The highest BCUT2D eigenvalue weighted by molar-refractivity contribution is 7.73. The average molecular weight is 376 g/mol. The molecule has 0 aromatic heterocycles. The Morgan fingerprint density at radius 1 is 0.852 bits per heavy atom. The zero-order valence-corrected chi connectivity index (χ0v) is 15.7. The Labute approximate surface area is 162 Å². The van der Waals surface area contributed by atoms with E-state index in [1.54, 1.807) is 12.1 Å². The summed E-state index contributed by atoms with van der Waals surface area (Å²) in [5.41, 5.74) is 1.18. The van der Waals surface area contributed by atoms with E-state index in [1.165, 1.54) is 10.6 Å². The number of rotatable bonds is 7. The number of benzene rings is 3. The molecule has 0 unspecified atom stereocenters. The Hall–Kier alpha value is -2.49. The number of nitrogens with zero attached hydrogens (tertiary/aromatic N) is 1. The second-order valence-electron chi connectivity index (χ2n) is 5.92. The molecule has 1 atom stereocenters. The van der Waals surface area contributed by atoms with Crippen LogP contribution in [0.15, 0.2) is 84.9 Å². The number of hydrogen-bond donors (Lipinski definition) is 1. The van der Waals surface area contributed by atoms with Crippen LogP contribution in [0.3, 0.4) is 0 Å². The molecule has 3 radical (unpaired) electrons. The summed E-state index contributed by atoms with van der Waals surface area (Å²) in [5.74, 6) is 0. The Morgan fingerprint density at radius 2 is 1.33 bits per heavy atom. The number of nitro benzene ring substituents is 1. The van der Waals surface area contributed by atoms with E-state index in [9.17, 15) is 15.2 Å². The summed E-state index contributed by atoms with van der Waals surface area (Å²) >= 11 is 0. The summed E-state index contributed by atoms with van der Waals surface area (Å²) in [5, 5.41) is 23.1. The third-order valence-corrected chi connectivity index (χ3v) is 7.16. The van der Waals surface area contributed by atoms with Crippen molar-refractivity contribution < 1.29 is 10.0 Å². The topological polar surface area (TPSA) is 63.4 Å². The van der Waals surface area contributed by atoms with E-state index < -0.39 is 7.92 Å². The highest BCUT2D eigenvalue weighted by Crippen LogP contribution is 2.51. The molecule has 0 aliphatic heterocycles. The van der Waals surface area contributed by atoms with Gasteiger partial charge in [0.25, 0.3) is 5.69 Å². The molecular weight excluding hydrogens is 356 g/mol. The molecule has 6 heteroatoms. The lowest BCUT2D eigenvalue weighted by Crippen LogP contribution is -2.18. The molecule has 0 saturated carbocycles. The third-order valence-electron chi connectivity index (χ3n) is 4.27. The van der Waals surface area contributed by atoms with Gasteiger partial charge in [-0.2, -0.15) is 0 Å². The summed E-state index contributed by atoms with van der Waals surface area (Å²) < 4.78 is 0. The fraction of sp³-hybridized carbons (Fsp3) is 0.143. The van der Waals surface area contributed by atoms with E-state index in [2.05, 4.69) is 24.3 Å². The van der Waals surface area contributed by atoms with Gasteiger partial charge in [-0.05, 0) is 30.5 Å². The van der Waals surface area contributed by atoms with Crippen molar-refractivity contribution in [1.29, 1.82) is 0 Å². The molecular formula is C21H20BNO3P. The normalized spacial score (nSPS) is 11.6. The van der Waals surface area contributed by atoms with Crippen molar-refractivity contribution in [2.45, 2.75) is 12.1 Å². The Bertz CT molecular complexity index is 805. The van der Waals surface area contributed by atoms with Gasteiger partial charge in [0.15, 0.2) is 0 Å². The molecule has 0 aliphatic rings. The molecule has 4 nitrogen and oxygen atoms in total. The molecule has 0 spiro atoms. The lowest BCUT2D eigenvalue weighted by Gasteiger charge is -2.28. The van der Waals surface area contributed by atoms with E-state index in [-0.39, 0.29) is 31.3 Å². The molecule has 0 saturated heterocycles. The molecule has 0 fully saturated rings. The number of aliphatic hydroxyl groups is 1. The van der Waals surface area contributed by atoms with Gasteiger partial charge in [-0.15, -0.1) is 0 Å². The second-order valence-corrected chi connectivity index (χ2v) is 8.31. The number of hydrogen-bond acceptors (Lipinski definition) is 3. The molecule has 3 aromatic rings. The van der Waals surface area contributed by atoms with Crippen molar-refractivity contribution in [3.05, 3.63) is 101 Å². The molecule has 1 N–H and O–H groups in total. The second kappa shape index (κ2) is 10.0. The maximum atomic E-state index is 11.0. The van der Waals surface area contributed by atoms with Gasteiger partial charge in [-0.3, -0.25) is 10.1 Å². The molecule has 0 amide bonds. The maximum Gasteiger partial charge on any atom is 0.269 e. The lowest BCUT2D eigenvalue weighted by molar-refractivity contribution is -0.384. The minimum Gasteiger partial charge on any atom is -0.396 e. The monoisotopic (exact) mass is 376 g/mol. The summed E-state index contributed by atoms with van der Waals surface area (Å²) in [6.07, 6.45) is 0.604. The van der Waals surface area contributed by atoms with Gasteiger partial charge in [0.05, 0.1) is 4.92 Å². The Kier molecular flexibility index (Phi) is 7.72. The van der Waals surface area contributed by atoms with Crippen molar-refractivity contribution in [2.75, 3.05) is 6.61 Å². The van der Waals surface area contributed by atoms with Crippen LogP contribution in [0.1, 0.15) is 17.6 Å². The predicted molar refractivity (Wildman–Crippen MR) is 112 cm³/mol. The predicted octanol–water partition coefficient (Wildman–Crippen LogP) is 3.77. The lowest BCUT2D eigenvalue weighted by atomic mass is 10.1. The fourth-order valence-corrected chi connectivity index (χ4v) is 5.92. The average Bonchev–Trinajstić information content (AvgIpc) is 2.69. The van der Waals surface area contributed by atoms with E-state index in [4.69, 9.17) is 0 Å². The van der Waals surface area contributed by atoms with Crippen LogP contribution in [-0.4, -0.2) is 25.0 Å². The summed E-state index contributed by atoms with van der Waals surface area (Å²) in [7, 11) is -0.751. The van der Waals surface area contributed by atoms with Gasteiger partial charge in [0.2, 0.25) is 0 Å². The molecule has 0 bridgehead atoms. The number of non-ortho nitro benzene ring substituents is 1. The molecule has 0 heterocycles. The van der Waals surface area contributed by atoms with Crippen LogP contribution < -0.4 is 10.6 Å². The first-order valence-electron chi connectivity index (χ1n) is 8.45. The standard InChI is InChI=1S/C21H20NO3P.B/c23-16-15-21(17-11-13-18(14-12-17)22(24)25)26(19-7-3-1-4-8-19)20-9-5-2-6-10-20;/h1-14,21,23H,15-16H2;/t21-;/m0./s1. The first-order chi connectivity index (χ1) is 12.7. The minimum atomic E-state index is -0.751. The van der Waals surface area contributed by atoms with Crippen LogP contribution in [0, 0.1) is 10.1 Å². The molecule has 3 aromatic carbocycles. The summed E-state index contributed by atoms with van der Waals surface area (Å²) in [6, 6.07) is 27.3. The molecule has 0 aliphatic carbocycles. The third kappa shape index (κ3) is 5.03. The van der Waals surface area contributed by atoms with Crippen LogP contribution in [-0.2, 0) is 0 Å². The highest BCUT2D eigenvalue weighted by atomic mass is 31.1. The summed E-state index contributed by atoms with van der Waals surface area (Å²) in [6.45, 7) is 0.0696. The van der Waals surface area contributed by atoms with E-state index >= 15 is 0 Å². The Balaban J connectivity index is 0.00000261. The van der Waals surface area contributed by atoms with E-state index in [1.807, 2.05) is 48.5 Å². The zero-order valence-electron chi connectivity index (χ0n) is 14.8. The first kappa shape index (κ1) is 20.8. The molecule has 135 valence electrons. The van der Waals surface area contributed by atoms with Crippen LogP contribution in [0.2, 0.25) is 0 Å². The van der Waals surface area contributed by atoms with Crippen LogP contribution in [0.5, 0.6) is 0 Å². The van der Waals surface area contributed by atoms with E-state index in [0.29, 0.717) is 6.42 Å². The van der Waals surface area contributed by atoms with Gasteiger partial charge >= 0.3 is 0 Å². The van der Waals surface area contributed by atoms with Gasteiger partial charge in [0.1, 0.15) is 0 Å². The number of nitro groups is 1. The SMILES string of the molecule is O=[N+]([O-])c1ccc([C@H](CCO)P(c2ccccc2)c2ccccc2)cc1.[B]. The molecule has 3 rings (SSSR count). The van der Waals surface area contributed by atoms with Crippen molar-refractivity contribution >= 4 is 32.6 Å². The van der Waals surface area contributed by atoms with Crippen molar-refractivity contribution in [2.24, 2.45) is 0 Å². The fourth-order valence-electron chi connectivity index (χ4n) is 3.07. The van der Waals surface area contributed by atoms with E-state index in [0.717, 1.165) is 5.56 Å². The van der Waals surface area contributed by atoms with Gasteiger partial charge in [-0.1, -0.05) is 72.8 Å². The van der Waals surface area contributed by atoms with Gasteiger partial charge in [0, 0.05) is 32.8 Å². The maximum absolute atomic E-state index is 11.0. The van der Waals surface area contributed by atoms with Crippen molar-refractivity contribution in [3.63, 3.8) is 0 Å². The van der Waals surface area contributed by atoms with Crippen LogP contribution in [0.25, 0.3) is 0 Å².